The van der Waals surface area contributed by atoms with Crippen LogP contribution in [0.4, 0.5) is 0 Å². The van der Waals surface area contributed by atoms with E-state index in [1.165, 1.54) is 12.8 Å². The van der Waals surface area contributed by atoms with Gasteiger partial charge in [0.05, 0.1) is 4.90 Å². The highest BCUT2D eigenvalue weighted by Crippen LogP contribution is 2.25. The fraction of sp³-hybridized carbons (Fsp3) is 0.474. The smallest absolute Gasteiger partial charge is 0.128 e. The summed E-state index contributed by atoms with van der Waals surface area (Å²) < 4.78 is 15.4. The summed E-state index contributed by atoms with van der Waals surface area (Å²) in [5, 5.41) is 5.69. The number of hydrogen-bond donors (Lipinski definition) is 1. The first-order valence-corrected chi connectivity index (χ1v) is 9.75. The summed E-state index contributed by atoms with van der Waals surface area (Å²) in [6.07, 6.45) is 3.40. The number of nitrogens with zero attached hydrogens (tertiary/aromatic N) is 1. The average molecular weight is 330 g/mol. The lowest BCUT2D eigenvalue weighted by atomic mass is 9.98. The molecule has 0 spiro atoms. The average Bonchev–Trinajstić information content (AvgIpc) is 2.61. The van der Waals surface area contributed by atoms with Gasteiger partial charge in [-0.25, -0.2) is 8.51 Å². The monoisotopic (exact) mass is 330 g/mol. The minimum Gasteiger partial charge on any atom is -0.317 e. The first-order chi connectivity index (χ1) is 11.3. The predicted molar refractivity (Wildman–Crippen MR) is 97.8 cm³/mol. The number of piperidine rings is 1. The van der Waals surface area contributed by atoms with Crippen LogP contribution in [0.5, 0.6) is 0 Å². The number of fused-ring (bicyclic) bond motifs is 1. The number of nitrogens with one attached hydrogen (secondary N) is 1. The standard InChI is InChI=1S/C19H26N2OS/c1-2-14-21(15-16-10-12-20-13-11-16)23(22)19-9-5-7-17-6-3-4-8-18(17)19/h3-9,16,20H,2,10-15H2,1H3. The third kappa shape index (κ3) is 4.00. The van der Waals surface area contributed by atoms with E-state index in [-0.39, 0.29) is 0 Å². The van der Waals surface area contributed by atoms with E-state index in [4.69, 9.17) is 0 Å². The topological polar surface area (TPSA) is 32.3 Å². The summed E-state index contributed by atoms with van der Waals surface area (Å²) in [6, 6.07) is 14.4. The summed E-state index contributed by atoms with van der Waals surface area (Å²) in [5.41, 5.74) is 0. The van der Waals surface area contributed by atoms with E-state index < -0.39 is 11.0 Å². The molecule has 0 amide bonds. The molecule has 124 valence electrons. The maximum Gasteiger partial charge on any atom is 0.128 e. The van der Waals surface area contributed by atoms with Crippen molar-refractivity contribution in [1.82, 2.24) is 9.62 Å². The SMILES string of the molecule is CCCN(CC1CCNCC1)S(=O)c1cccc2ccccc12. The summed E-state index contributed by atoms with van der Waals surface area (Å²) in [6.45, 7) is 6.16. The van der Waals surface area contributed by atoms with Crippen molar-refractivity contribution < 1.29 is 4.21 Å². The van der Waals surface area contributed by atoms with Crippen LogP contribution < -0.4 is 5.32 Å². The zero-order valence-corrected chi connectivity index (χ0v) is 14.6. The van der Waals surface area contributed by atoms with Crippen molar-refractivity contribution in [3.05, 3.63) is 42.5 Å². The minimum atomic E-state index is -1.08. The van der Waals surface area contributed by atoms with Gasteiger partial charge in [0, 0.05) is 13.1 Å². The molecule has 1 saturated heterocycles. The normalized spacial score (nSPS) is 17.7. The van der Waals surface area contributed by atoms with Crippen molar-refractivity contribution in [2.45, 2.75) is 31.1 Å². The van der Waals surface area contributed by atoms with Gasteiger partial charge >= 0.3 is 0 Å². The van der Waals surface area contributed by atoms with Gasteiger partial charge in [-0.15, -0.1) is 0 Å². The van der Waals surface area contributed by atoms with Crippen LogP contribution in [0.1, 0.15) is 26.2 Å². The molecule has 0 bridgehead atoms. The molecule has 1 aliphatic rings. The minimum absolute atomic E-state index is 0.654. The van der Waals surface area contributed by atoms with Crippen molar-refractivity contribution in [3.8, 4) is 0 Å². The molecule has 1 N–H and O–H groups in total. The van der Waals surface area contributed by atoms with E-state index in [9.17, 15) is 4.21 Å². The summed E-state index contributed by atoms with van der Waals surface area (Å²) in [7, 11) is -1.08. The second-order valence-corrected chi connectivity index (χ2v) is 7.76. The van der Waals surface area contributed by atoms with E-state index in [0.717, 1.165) is 48.3 Å². The molecule has 1 fully saturated rings. The van der Waals surface area contributed by atoms with Gasteiger partial charge in [-0.2, -0.15) is 0 Å². The molecule has 1 aliphatic heterocycles. The molecular formula is C19H26N2OS. The molecule has 3 rings (SSSR count). The van der Waals surface area contributed by atoms with Crippen molar-refractivity contribution in [3.63, 3.8) is 0 Å². The van der Waals surface area contributed by atoms with Gasteiger partial charge in [0.2, 0.25) is 0 Å². The van der Waals surface area contributed by atoms with Gasteiger partial charge in [-0.3, -0.25) is 0 Å². The lowest BCUT2D eigenvalue weighted by molar-refractivity contribution is 0.296. The number of hydrogen-bond acceptors (Lipinski definition) is 2. The Labute approximate surface area is 141 Å². The number of rotatable bonds is 6. The quantitative estimate of drug-likeness (QED) is 0.878. The molecule has 23 heavy (non-hydrogen) atoms. The molecule has 4 heteroatoms. The molecule has 1 unspecified atom stereocenters. The third-order valence-electron chi connectivity index (χ3n) is 4.57. The molecule has 0 saturated carbocycles. The van der Waals surface area contributed by atoms with Gasteiger partial charge in [0.15, 0.2) is 0 Å². The van der Waals surface area contributed by atoms with Crippen molar-refractivity contribution >= 4 is 21.8 Å². The largest absolute Gasteiger partial charge is 0.317 e. The van der Waals surface area contributed by atoms with Gasteiger partial charge in [0.25, 0.3) is 0 Å². The van der Waals surface area contributed by atoms with Crippen LogP contribution in [-0.2, 0) is 11.0 Å². The molecule has 2 aromatic carbocycles. The van der Waals surface area contributed by atoms with Gasteiger partial charge < -0.3 is 5.32 Å². The summed E-state index contributed by atoms with van der Waals surface area (Å²) in [5.74, 6) is 0.654. The van der Waals surface area contributed by atoms with Crippen LogP contribution in [0, 0.1) is 5.92 Å². The Balaban J connectivity index is 1.84. The van der Waals surface area contributed by atoms with E-state index in [2.05, 4.69) is 34.7 Å². The van der Waals surface area contributed by atoms with Crippen molar-refractivity contribution in [2.24, 2.45) is 5.92 Å². The zero-order valence-electron chi connectivity index (χ0n) is 13.8. The second-order valence-electron chi connectivity index (χ2n) is 6.31. The van der Waals surface area contributed by atoms with E-state index >= 15 is 0 Å². The van der Waals surface area contributed by atoms with E-state index in [1.807, 2.05) is 24.3 Å². The Morgan fingerprint density at radius 3 is 2.65 bits per heavy atom. The third-order valence-corrected chi connectivity index (χ3v) is 6.10. The van der Waals surface area contributed by atoms with Crippen molar-refractivity contribution in [2.75, 3.05) is 26.2 Å². The molecular weight excluding hydrogens is 304 g/mol. The molecule has 0 aliphatic carbocycles. The Bertz CT molecular complexity index is 662. The summed E-state index contributed by atoms with van der Waals surface area (Å²) in [4.78, 5) is 0.950. The first kappa shape index (κ1) is 16.6. The molecule has 0 radical (unpaired) electrons. The predicted octanol–water partition coefficient (Wildman–Crippen LogP) is 3.57. The fourth-order valence-corrected chi connectivity index (χ4v) is 4.87. The zero-order chi connectivity index (χ0) is 16.1. The van der Waals surface area contributed by atoms with Crippen molar-refractivity contribution in [1.29, 1.82) is 0 Å². The van der Waals surface area contributed by atoms with Gasteiger partial charge in [0.1, 0.15) is 11.0 Å². The van der Waals surface area contributed by atoms with Crippen LogP contribution >= 0.6 is 0 Å². The Kier molecular flexibility index (Phi) is 5.81. The second kappa shape index (κ2) is 8.04. The van der Waals surface area contributed by atoms with Crippen LogP contribution in [-0.4, -0.2) is 34.7 Å². The summed E-state index contributed by atoms with van der Waals surface area (Å²) >= 11 is 0. The van der Waals surface area contributed by atoms with E-state index in [0.29, 0.717) is 5.92 Å². The lowest BCUT2D eigenvalue weighted by Crippen LogP contribution is -2.37. The lowest BCUT2D eigenvalue weighted by Gasteiger charge is -2.29. The van der Waals surface area contributed by atoms with Crippen LogP contribution in [0.25, 0.3) is 10.8 Å². The molecule has 1 heterocycles. The highest BCUT2D eigenvalue weighted by atomic mass is 32.2. The molecule has 2 aromatic rings. The molecule has 0 aromatic heterocycles. The molecule has 1 atom stereocenters. The van der Waals surface area contributed by atoms with E-state index in [1.54, 1.807) is 0 Å². The van der Waals surface area contributed by atoms with Crippen LogP contribution in [0.15, 0.2) is 47.4 Å². The Hall–Kier alpha value is -1.23. The van der Waals surface area contributed by atoms with Crippen LogP contribution in [0.2, 0.25) is 0 Å². The number of benzene rings is 2. The highest BCUT2D eigenvalue weighted by molar-refractivity contribution is 7.83. The maximum atomic E-state index is 13.2. The molecule has 3 nitrogen and oxygen atoms in total. The highest BCUT2D eigenvalue weighted by Gasteiger charge is 2.22. The Morgan fingerprint density at radius 2 is 1.87 bits per heavy atom. The van der Waals surface area contributed by atoms with Gasteiger partial charge in [-0.05, 0) is 55.1 Å². The first-order valence-electron chi connectivity index (χ1n) is 8.65. The maximum absolute atomic E-state index is 13.2. The fourth-order valence-electron chi connectivity index (χ4n) is 3.33. The Morgan fingerprint density at radius 1 is 1.13 bits per heavy atom. The van der Waals surface area contributed by atoms with Crippen LogP contribution in [0.3, 0.4) is 0 Å². The van der Waals surface area contributed by atoms with Gasteiger partial charge in [-0.1, -0.05) is 43.3 Å².